The van der Waals surface area contributed by atoms with Gasteiger partial charge in [0.2, 0.25) is 15.6 Å². The molecule has 0 aromatic carbocycles. The van der Waals surface area contributed by atoms with Gasteiger partial charge < -0.3 is 4.98 Å². The van der Waals surface area contributed by atoms with Crippen LogP contribution in [0.15, 0.2) is 45.5 Å². The Hall–Kier alpha value is -1.44. The van der Waals surface area contributed by atoms with E-state index in [1.165, 1.54) is 22.6 Å². The van der Waals surface area contributed by atoms with Gasteiger partial charge in [-0.3, -0.25) is 4.79 Å². The Labute approximate surface area is 120 Å². The van der Waals surface area contributed by atoms with E-state index >= 15 is 0 Å². The first kappa shape index (κ1) is 13.5. The molecule has 20 heavy (non-hydrogen) atoms. The van der Waals surface area contributed by atoms with Crippen molar-refractivity contribution in [2.24, 2.45) is 0 Å². The molecule has 0 aliphatic heterocycles. The summed E-state index contributed by atoms with van der Waals surface area (Å²) >= 11 is 1.55. The third-order valence-corrected chi connectivity index (χ3v) is 5.96. The second-order valence-electron chi connectivity index (χ2n) is 4.75. The number of nitrogens with one attached hydrogen (secondary N) is 1. The predicted molar refractivity (Wildman–Crippen MR) is 77.1 cm³/mol. The number of hydrogen-bond acceptors (Lipinski definition) is 4. The topological polar surface area (TPSA) is 70.2 Å². The van der Waals surface area contributed by atoms with Crippen molar-refractivity contribution in [2.75, 3.05) is 0 Å². The number of pyridine rings is 1. The first-order valence-corrected chi connectivity index (χ1v) is 8.62. The van der Waals surface area contributed by atoms with Crippen molar-refractivity contribution in [3.05, 3.63) is 51.1 Å². The van der Waals surface area contributed by atoms with Crippen LogP contribution in [0, 0.1) is 0 Å². The van der Waals surface area contributed by atoms with Crippen molar-refractivity contribution >= 4 is 21.4 Å². The lowest BCUT2D eigenvalue weighted by Gasteiger charge is -2.21. The lowest BCUT2D eigenvalue weighted by molar-refractivity contribution is 0.401. The van der Waals surface area contributed by atoms with Gasteiger partial charge >= 0.3 is 0 Å². The number of thiophene rings is 1. The Morgan fingerprint density at radius 2 is 2.10 bits per heavy atom. The number of rotatable bonds is 5. The van der Waals surface area contributed by atoms with Crippen LogP contribution in [0.5, 0.6) is 0 Å². The van der Waals surface area contributed by atoms with Gasteiger partial charge in [-0.1, -0.05) is 6.07 Å². The molecule has 2 aromatic rings. The van der Waals surface area contributed by atoms with Crippen LogP contribution in [-0.4, -0.2) is 23.7 Å². The Morgan fingerprint density at radius 1 is 1.30 bits per heavy atom. The number of sulfonamides is 1. The van der Waals surface area contributed by atoms with Crippen LogP contribution >= 0.6 is 11.3 Å². The fourth-order valence-corrected chi connectivity index (χ4v) is 4.44. The number of aromatic amines is 1. The SMILES string of the molecule is O=c1ccc(S(=O)(=O)N(Cc2cccs2)C2CC2)c[nH]1. The quantitative estimate of drug-likeness (QED) is 0.915. The molecule has 106 valence electrons. The highest BCUT2D eigenvalue weighted by Crippen LogP contribution is 2.33. The molecule has 5 nitrogen and oxygen atoms in total. The highest BCUT2D eigenvalue weighted by molar-refractivity contribution is 7.89. The second-order valence-corrected chi connectivity index (χ2v) is 7.67. The molecule has 1 saturated carbocycles. The van der Waals surface area contributed by atoms with Crippen LogP contribution in [0.1, 0.15) is 17.7 Å². The van der Waals surface area contributed by atoms with Crippen molar-refractivity contribution in [1.82, 2.24) is 9.29 Å². The summed E-state index contributed by atoms with van der Waals surface area (Å²) in [5, 5.41) is 1.94. The second kappa shape index (κ2) is 5.16. The Kier molecular flexibility index (Phi) is 3.49. The normalized spacial score (nSPS) is 15.7. The van der Waals surface area contributed by atoms with Crippen LogP contribution in [0.4, 0.5) is 0 Å². The molecular formula is C13H14N2O3S2. The van der Waals surface area contributed by atoms with Gasteiger partial charge in [-0.2, -0.15) is 4.31 Å². The minimum Gasteiger partial charge on any atom is -0.328 e. The van der Waals surface area contributed by atoms with Crippen LogP contribution in [0.25, 0.3) is 0 Å². The molecule has 0 bridgehead atoms. The summed E-state index contributed by atoms with van der Waals surface area (Å²) in [4.78, 5) is 14.6. The fraction of sp³-hybridized carbons (Fsp3) is 0.308. The van der Waals surface area contributed by atoms with Crippen LogP contribution in [-0.2, 0) is 16.6 Å². The highest BCUT2D eigenvalue weighted by atomic mass is 32.2. The molecule has 1 N–H and O–H groups in total. The lowest BCUT2D eigenvalue weighted by Crippen LogP contribution is -2.32. The van der Waals surface area contributed by atoms with E-state index in [2.05, 4.69) is 4.98 Å². The first-order chi connectivity index (χ1) is 9.57. The molecule has 0 radical (unpaired) electrons. The van der Waals surface area contributed by atoms with Gasteiger partial charge in [0.05, 0.1) is 4.90 Å². The zero-order chi connectivity index (χ0) is 14.2. The van der Waals surface area contributed by atoms with Gasteiger partial charge in [-0.15, -0.1) is 11.3 Å². The monoisotopic (exact) mass is 310 g/mol. The first-order valence-electron chi connectivity index (χ1n) is 6.30. The smallest absolute Gasteiger partial charge is 0.247 e. The maximum Gasteiger partial charge on any atom is 0.247 e. The summed E-state index contributed by atoms with van der Waals surface area (Å²) in [5.41, 5.74) is -0.305. The molecule has 0 unspecified atom stereocenters. The summed E-state index contributed by atoms with van der Waals surface area (Å²) in [6, 6.07) is 6.52. The van der Waals surface area contributed by atoms with Crippen LogP contribution < -0.4 is 5.56 Å². The summed E-state index contributed by atoms with van der Waals surface area (Å²) in [7, 11) is -3.56. The van der Waals surface area contributed by atoms with E-state index < -0.39 is 10.0 Å². The van der Waals surface area contributed by atoms with Gasteiger partial charge in [0.15, 0.2) is 0 Å². The standard InChI is InChI=1S/C13H14N2O3S2/c16-13-6-5-12(8-14-13)20(17,18)15(10-3-4-10)9-11-2-1-7-19-11/h1-2,5-8,10H,3-4,9H2,(H,14,16). The van der Waals surface area contributed by atoms with E-state index in [0.717, 1.165) is 17.7 Å². The Bertz CT molecular complexity index is 726. The van der Waals surface area contributed by atoms with Crippen molar-refractivity contribution in [2.45, 2.75) is 30.3 Å². The highest BCUT2D eigenvalue weighted by Gasteiger charge is 2.38. The van der Waals surface area contributed by atoms with Crippen LogP contribution in [0.2, 0.25) is 0 Å². The maximum atomic E-state index is 12.7. The van der Waals surface area contributed by atoms with Gasteiger partial charge in [0, 0.05) is 29.7 Å². The van der Waals surface area contributed by atoms with E-state index in [0.29, 0.717) is 6.54 Å². The largest absolute Gasteiger partial charge is 0.328 e. The molecule has 0 atom stereocenters. The number of aromatic nitrogens is 1. The van der Waals surface area contributed by atoms with Crippen molar-refractivity contribution in [3.8, 4) is 0 Å². The summed E-state index contributed by atoms with van der Waals surface area (Å²) in [6.45, 7) is 0.393. The number of hydrogen-bond donors (Lipinski definition) is 1. The van der Waals surface area contributed by atoms with E-state index in [9.17, 15) is 13.2 Å². The van der Waals surface area contributed by atoms with E-state index in [1.54, 1.807) is 11.3 Å². The average Bonchev–Trinajstić information content (AvgIpc) is 3.12. The summed E-state index contributed by atoms with van der Waals surface area (Å²) < 4.78 is 26.9. The summed E-state index contributed by atoms with van der Waals surface area (Å²) in [5.74, 6) is 0. The molecule has 0 amide bonds. The molecule has 2 heterocycles. The van der Waals surface area contributed by atoms with E-state index in [-0.39, 0.29) is 16.5 Å². The average molecular weight is 310 g/mol. The number of nitrogens with zero attached hydrogens (tertiary/aromatic N) is 1. The van der Waals surface area contributed by atoms with Crippen molar-refractivity contribution in [3.63, 3.8) is 0 Å². The van der Waals surface area contributed by atoms with E-state index in [1.807, 2.05) is 17.5 Å². The number of H-pyrrole nitrogens is 1. The van der Waals surface area contributed by atoms with Gasteiger partial charge in [0.1, 0.15) is 0 Å². The van der Waals surface area contributed by atoms with Gasteiger partial charge in [-0.25, -0.2) is 8.42 Å². The minimum atomic E-state index is -3.56. The molecule has 1 aliphatic carbocycles. The molecular weight excluding hydrogens is 296 g/mol. The third-order valence-electron chi connectivity index (χ3n) is 3.21. The summed E-state index contributed by atoms with van der Waals surface area (Å²) in [6.07, 6.45) is 3.06. The third kappa shape index (κ3) is 2.70. The van der Waals surface area contributed by atoms with Gasteiger partial charge in [0.25, 0.3) is 0 Å². The van der Waals surface area contributed by atoms with E-state index in [4.69, 9.17) is 0 Å². The molecule has 3 rings (SSSR count). The molecule has 1 aliphatic rings. The maximum absolute atomic E-state index is 12.7. The Balaban J connectivity index is 1.93. The van der Waals surface area contributed by atoms with Crippen molar-refractivity contribution in [1.29, 1.82) is 0 Å². The minimum absolute atomic E-state index is 0.0778. The van der Waals surface area contributed by atoms with Crippen molar-refractivity contribution < 1.29 is 8.42 Å². The zero-order valence-electron chi connectivity index (χ0n) is 10.7. The lowest BCUT2D eigenvalue weighted by atomic mass is 10.4. The molecule has 1 fully saturated rings. The fourth-order valence-electron chi connectivity index (χ4n) is 2.02. The zero-order valence-corrected chi connectivity index (χ0v) is 12.3. The molecule has 7 heteroatoms. The molecule has 0 spiro atoms. The Morgan fingerprint density at radius 3 is 2.65 bits per heavy atom. The van der Waals surface area contributed by atoms with Gasteiger partial charge in [-0.05, 0) is 30.4 Å². The predicted octanol–water partition coefficient (Wildman–Crippen LogP) is 1.79. The molecule has 0 saturated heterocycles. The molecule has 2 aromatic heterocycles. The van der Waals surface area contributed by atoms with Crippen LogP contribution in [0.3, 0.4) is 0 Å².